The molecule has 1 heterocycles. The third-order valence-electron chi connectivity index (χ3n) is 5.23. The Morgan fingerprint density at radius 1 is 0.861 bits per heavy atom. The third kappa shape index (κ3) is 6.47. The van der Waals surface area contributed by atoms with Crippen LogP contribution < -0.4 is 14.8 Å². The number of pyridine rings is 1. The fourth-order valence-electron chi connectivity index (χ4n) is 3.40. The number of hydrogen-bond acceptors (Lipinski definition) is 6. The van der Waals surface area contributed by atoms with E-state index >= 15 is 0 Å². The number of hydrogen-bond donors (Lipinski definition) is 1. The highest BCUT2D eigenvalue weighted by molar-refractivity contribution is 7.89. The van der Waals surface area contributed by atoms with Gasteiger partial charge in [0.15, 0.2) is 0 Å². The number of aromatic nitrogens is 1. The lowest BCUT2D eigenvalue weighted by atomic mass is 10.2. The van der Waals surface area contributed by atoms with Gasteiger partial charge in [0.2, 0.25) is 15.9 Å². The van der Waals surface area contributed by atoms with E-state index in [-0.39, 0.29) is 18.0 Å². The zero-order valence-corrected chi connectivity index (χ0v) is 20.4. The first-order chi connectivity index (χ1) is 17.4. The molecule has 9 heteroatoms. The molecule has 1 aromatic heterocycles. The normalized spacial score (nSPS) is 11.2. The topological polar surface area (TPSA) is 97.8 Å². The van der Waals surface area contributed by atoms with Crippen molar-refractivity contribution in [3.63, 3.8) is 0 Å². The summed E-state index contributed by atoms with van der Waals surface area (Å²) >= 11 is 0. The maximum Gasteiger partial charge on any atom is 0.245 e. The summed E-state index contributed by atoms with van der Waals surface area (Å²) in [5.74, 6) is 1.48. The molecule has 36 heavy (non-hydrogen) atoms. The molecule has 184 valence electrons. The van der Waals surface area contributed by atoms with Crippen molar-refractivity contribution < 1.29 is 22.7 Å². The van der Waals surface area contributed by atoms with E-state index in [4.69, 9.17) is 9.47 Å². The van der Waals surface area contributed by atoms with Gasteiger partial charge in [-0.2, -0.15) is 4.31 Å². The molecule has 0 aliphatic rings. The van der Waals surface area contributed by atoms with Gasteiger partial charge in [-0.05, 0) is 66.2 Å². The van der Waals surface area contributed by atoms with Crippen molar-refractivity contribution in [1.29, 1.82) is 0 Å². The highest BCUT2D eigenvalue weighted by Gasteiger charge is 2.27. The van der Waals surface area contributed by atoms with Crippen molar-refractivity contribution in [3.8, 4) is 17.2 Å². The molecule has 4 aromatic rings. The molecular formula is C27H25N3O5S. The van der Waals surface area contributed by atoms with Crippen LogP contribution in [-0.4, -0.2) is 37.3 Å². The number of ether oxygens (including phenoxy) is 2. The Balaban J connectivity index is 1.48. The van der Waals surface area contributed by atoms with E-state index < -0.39 is 15.9 Å². The van der Waals surface area contributed by atoms with Crippen molar-refractivity contribution in [2.24, 2.45) is 0 Å². The van der Waals surface area contributed by atoms with E-state index in [2.05, 4.69) is 10.3 Å². The van der Waals surface area contributed by atoms with Crippen LogP contribution in [0.25, 0.3) is 0 Å². The predicted octanol–water partition coefficient (Wildman–Crippen LogP) is 4.71. The predicted molar refractivity (Wildman–Crippen MR) is 136 cm³/mol. The lowest BCUT2D eigenvalue weighted by Crippen LogP contribution is -2.37. The smallest absolute Gasteiger partial charge is 0.245 e. The molecule has 0 unspecified atom stereocenters. The number of carbonyl (C=O) groups excluding carboxylic acids is 1. The Bertz CT molecular complexity index is 1380. The Kier molecular flexibility index (Phi) is 7.94. The van der Waals surface area contributed by atoms with Crippen molar-refractivity contribution >= 4 is 21.6 Å². The van der Waals surface area contributed by atoms with Gasteiger partial charge in [0, 0.05) is 24.6 Å². The first-order valence-electron chi connectivity index (χ1n) is 11.1. The lowest BCUT2D eigenvalue weighted by Gasteiger charge is -2.22. The largest absolute Gasteiger partial charge is 0.497 e. The van der Waals surface area contributed by atoms with Crippen LogP contribution in [0.1, 0.15) is 5.56 Å². The lowest BCUT2D eigenvalue weighted by molar-refractivity contribution is -0.116. The number of methoxy groups -OCH3 is 1. The van der Waals surface area contributed by atoms with Crippen molar-refractivity contribution in [2.75, 3.05) is 19.0 Å². The summed E-state index contributed by atoms with van der Waals surface area (Å²) < 4.78 is 38.7. The van der Waals surface area contributed by atoms with Gasteiger partial charge in [-0.15, -0.1) is 0 Å². The van der Waals surface area contributed by atoms with Gasteiger partial charge in [0.25, 0.3) is 0 Å². The quantitative estimate of drug-likeness (QED) is 0.337. The number of rotatable bonds is 10. The first-order valence-corrected chi connectivity index (χ1v) is 12.5. The summed E-state index contributed by atoms with van der Waals surface area (Å²) in [7, 11) is -2.43. The van der Waals surface area contributed by atoms with Crippen LogP contribution in [0.3, 0.4) is 0 Å². The van der Waals surface area contributed by atoms with Gasteiger partial charge >= 0.3 is 0 Å². The van der Waals surface area contributed by atoms with E-state index in [0.717, 1.165) is 4.31 Å². The fraction of sp³-hybridized carbons (Fsp3) is 0.111. The molecule has 3 aromatic carbocycles. The number of nitrogens with one attached hydrogen (secondary N) is 1. The number of anilines is 1. The Hall–Kier alpha value is -4.21. The van der Waals surface area contributed by atoms with Crippen molar-refractivity contribution in [3.05, 3.63) is 109 Å². The molecule has 0 saturated heterocycles. The molecule has 1 N–H and O–H groups in total. The second-order valence-corrected chi connectivity index (χ2v) is 9.74. The Labute approximate surface area is 210 Å². The molecule has 0 fully saturated rings. The molecule has 0 atom stereocenters. The van der Waals surface area contributed by atoms with Crippen LogP contribution in [-0.2, 0) is 21.4 Å². The van der Waals surface area contributed by atoms with Crippen LogP contribution in [0.4, 0.5) is 5.69 Å². The van der Waals surface area contributed by atoms with Gasteiger partial charge in [0.1, 0.15) is 22.1 Å². The molecule has 0 aliphatic heterocycles. The Morgan fingerprint density at radius 2 is 1.53 bits per heavy atom. The molecule has 0 spiro atoms. The van der Waals surface area contributed by atoms with Crippen LogP contribution in [0.5, 0.6) is 17.2 Å². The molecule has 0 radical (unpaired) electrons. The molecular weight excluding hydrogens is 478 g/mol. The minimum Gasteiger partial charge on any atom is -0.497 e. The number of benzene rings is 3. The molecule has 1 amide bonds. The number of amides is 1. The summed E-state index contributed by atoms with van der Waals surface area (Å²) in [4.78, 5) is 16.8. The monoisotopic (exact) mass is 503 g/mol. The van der Waals surface area contributed by atoms with Gasteiger partial charge in [0.05, 0.1) is 13.7 Å². The van der Waals surface area contributed by atoms with Crippen LogP contribution >= 0.6 is 0 Å². The average Bonchev–Trinajstić information content (AvgIpc) is 2.91. The molecule has 0 aliphatic carbocycles. The average molecular weight is 504 g/mol. The van der Waals surface area contributed by atoms with Crippen molar-refractivity contribution in [1.82, 2.24) is 9.29 Å². The van der Waals surface area contributed by atoms with Crippen LogP contribution in [0.2, 0.25) is 0 Å². The standard InChI is InChI=1S/C27H25N3O5S/c1-34-23-13-9-21(10-14-23)19-30(36(32,33)26-8-5-17-28-18-26)20-27(31)29-22-11-15-25(16-12-22)35-24-6-3-2-4-7-24/h2-18H,19-20H2,1H3,(H,29,31). The van der Waals surface area contributed by atoms with Gasteiger partial charge in [-0.3, -0.25) is 9.78 Å². The summed E-state index contributed by atoms with van der Waals surface area (Å²) in [5, 5.41) is 2.75. The van der Waals surface area contributed by atoms with E-state index in [1.54, 1.807) is 55.6 Å². The first kappa shape index (κ1) is 24.9. The van der Waals surface area contributed by atoms with E-state index in [0.29, 0.717) is 28.5 Å². The second kappa shape index (κ2) is 11.5. The highest BCUT2D eigenvalue weighted by Crippen LogP contribution is 2.23. The maximum atomic E-state index is 13.3. The van der Waals surface area contributed by atoms with Crippen LogP contribution in [0.15, 0.2) is 108 Å². The minimum atomic E-state index is -3.98. The molecule has 0 saturated carbocycles. The van der Waals surface area contributed by atoms with Gasteiger partial charge in [-0.1, -0.05) is 30.3 Å². The van der Waals surface area contributed by atoms with E-state index in [1.165, 1.54) is 24.5 Å². The molecule has 0 bridgehead atoms. The Morgan fingerprint density at radius 3 is 2.17 bits per heavy atom. The van der Waals surface area contributed by atoms with Gasteiger partial charge in [-0.25, -0.2) is 8.42 Å². The molecule has 8 nitrogen and oxygen atoms in total. The summed E-state index contributed by atoms with van der Waals surface area (Å²) in [6.07, 6.45) is 2.75. The van der Waals surface area contributed by atoms with E-state index in [9.17, 15) is 13.2 Å². The number of sulfonamides is 1. The highest BCUT2D eigenvalue weighted by atomic mass is 32.2. The third-order valence-corrected chi connectivity index (χ3v) is 7.00. The van der Waals surface area contributed by atoms with Gasteiger partial charge < -0.3 is 14.8 Å². The zero-order chi connectivity index (χ0) is 25.4. The summed E-state index contributed by atoms with van der Waals surface area (Å²) in [5.41, 5.74) is 1.22. The number of carbonyl (C=O) groups is 1. The second-order valence-electron chi connectivity index (χ2n) is 7.80. The fourth-order valence-corrected chi connectivity index (χ4v) is 4.75. The number of para-hydroxylation sites is 1. The van der Waals surface area contributed by atoms with E-state index in [1.807, 2.05) is 30.3 Å². The summed E-state index contributed by atoms with van der Waals surface area (Å²) in [6, 6.07) is 26.2. The number of nitrogens with zero attached hydrogens (tertiary/aromatic N) is 2. The summed E-state index contributed by atoms with van der Waals surface area (Å²) in [6.45, 7) is -0.385. The molecule has 4 rings (SSSR count). The van der Waals surface area contributed by atoms with Crippen molar-refractivity contribution in [2.45, 2.75) is 11.4 Å². The van der Waals surface area contributed by atoms with Crippen LogP contribution in [0, 0.1) is 0 Å². The zero-order valence-electron chi connectivity index (χ0n) is 19.6. The SMILES string of the molecule is COc1ccc(CN(CC(=O)Nc2ccc(Oc3ccccc3)cc2)S(=O)(=O)c2cccnc2)cc1. The minimum absolute atomic E-state index is 0.00149. The maximum absolute atomic E-state index is 13.3.